The van der Waals surface area contributed by atoms with Gasteiger partial charge in [0.15, 0.2) is 5.82 Å². The molecule has 9 aromatic carbocycles. The molecule has 11 aromatic rings. The summed E-state index contributed by atoms with van der Waals surface area (Å²) < 4.78 is 2.35. The Hall–Kier alpha value is -7.89. The van der Waals surface area contributed by atoms with Crippen LogP contribution < -0.4 is 4.90 Å². The first-order chi connectivity index (χ1) is 28.8. The molecule has 0 amide bonds. The molecule has 0 atom stereocenters. The van der Waals surface area contributed by atoms with Crippen molar-refractivity contribution in [3.8, 4) is 39.3 Å². The van der Waals surface area contributed by atoms with Crippen molar-refractivity contribution in [2.75, 3.05) is 4.90 Å². The molecule has 0 aliphatic rings. The van der Waals surface area contributed by atoms with Crippen LogP contribution in [0.15, 0.2) is 213 Å². The molecule has 0 radical (unpaired) electrons. The van der Waals surface area contributed by atoms with Crippen LogP contribution in [-0.4, -0.2) is 19.5 Å². The molecule has 0 aliphatic carbocycles. The average molecular weight is 742 g/mol. The van der Waals surface area contributed by atoms with E-state index in [2.05, 4.69) is 225 Å². The van der Waals surface area contributed by atoms with Gasteiger partial charge in [0.05, 0.1) is 22.4 Å². The van der Waals surface area contributed by atoms with E-state index in [0.717, 1.165) is 61.6 Å². The first kappa shape index (κ1) is 33.4. The van der Waals surface area contributed by atoms with E-state index in [4.69, 9.17) is 0 Å². The van der Waals surface area contributed by atoms with Crippen molar-refractivity contribution in [1.29, 1.82) is 0 Å². The standard InChI is InChI=1S/C53H35N5/c1-2-15-43(16-3-1)57-51-32-41(26-29-47(51)48-30-27-42(33-52(48)57)53-55-34-54-35-56-53)37-21-23-39(24-22-37)46-18-8-9-19-49(46)58(44-28-25-36-11-4-5-13-40(36)31-44)50-20-10-14-38-12-6-7-17-45(38)50/h1-35H. The number of nitrogens with zero attached hydrogens (tertiary/aromatic N) is 5. The Bertz CT molecular complexity index is 3280. The number of anilines is 3. The molecule has 0 saturated heterocycles. The summed E-state index contributed by atoms with van der Waals surface area (Å²) in [5, 5.41) is 7.21. The maximum absolute atomic E-state index is 4.43. The van der Waals surface area contributed by atoms with Crippen molar-refractivity contribution in [1.82, 2.24) is 19.5 Å². The summed E-state index contributed by atoms with van der Waals surface area (Å²) in [7, 11) is 0. The van der Waals surface area contributed by atoms with Gasteiger partial charge in [-0.15, -0.1) is 0 Å². The van der Waals surface area contributed by atoms with Crippen LogP contribution in [0.2, 0.25) is 0 Å². The summed E-state index contributed by atoms with van der Waals surface area (Å²) in [6.07, 6.45) is 3.09. The highest BCUT2D eigenvalue weighted by molar-refractivity contribution is 6.11. The zero-order valence-corrected chi connectivity index (χ0v) is 31.4. The Labute approximate surface area is 335 Å². The van der Waals surface area contributed by atoms with E-state index in [0.29, 0.717) is 5.82 Å². The average Bonchev–Trinajstić information content (AvgIpc) is 3.63. The highest BCUT2D eigenvalue weighted by Crippen LogP contribution is 2.44. The van der Waals surface area contributed by atoms with Gasteiger partial charge in [0.25, 0.3) is 0 Å². The molecule has 0 N–H and O–H groups in total. The molecule has 58 heavy (non-hydrogen) atoms. The molecule has 5 nitrogen and oxygen atoms in total. The van der Waals surface area contributed by atoms with Crippen LogP contribution in [0.4, 0.5) is 17.1 Å². The molecule has 0 aliphatic heterocycles. The first-order valence-electron chi connectivity index (χ1n) is 19.5. The van der Waals surface area contributed by atoms with Crippen molar-refractivity contribution >= 4 is 60.4 Å². The second kappa shape index (κ2) is 14.0. The van der Waals surface area contributed by atoms with E-state index in [1.165, 1.54) is 32.3 Å². The predicted octanol–water partition coefficient (Wildman–Crippen LogP) is 13.7. The van der Waals surface area contributed by atoms with Crippen LogP contribution in [0.1, 0.15) is 0 Å². The Kier molecular flexibility index (Phi) is 8.07. The number of hydrogen-bond acceptors (Lipinski definition) is 4. The van der Waals surface area contributed by atoms with Gasteiger partial charge >= 0.3 is 0 Å². The fourth-order valence-electron chi connectivity index (χ4n) is 8.46. The molecule has 5 heteroatoms. The maximum atomic E-state index is 4.43. The summed E-state index contributed by atoms with van der Waals surface area (Å²) in [5.41, 5.74) is 12.3. The van der Waals surface area contributed by atoms with Gasteiger partial charge in [-0.1, -0.05) is 152 Å². The van der Waals surface area contributed by atoms with Gasteiger partial charge in [-0.25, -0.2) is 15.0 Å². The lowest BCUT2D eigenvalue weighted by atomic mass is 9.97. The Morgan fingerprint density at radius 3 is 1.79 bits per heavy atom. The quantitative estimate of drug-likeness (QED) is 0.163. The summed E-state index contributed by atoms with van der Waals surface area (Å²) >= 11 is 0. The summed E-state index contributed by atoms with van der Waals surface area (Å²) in [6, 6.07) is 72.1. The summed E-state index contributed by atoms with van der Waals surface area (Å²) in [6.45, 7) is 0. The van der Waals surface area contributed by atoms with Crippen molar-refractivity contribution < 1.29 is 0 Å². The molecule has 0 unspecified atom stereocenters. The minimum Gasteiger partial charge on any atom is -0.309 e. The van der Waals surface area contributed by atoms with Gasteiger partial charge < -0.3 is 9.47 Å². The van der Waals surface area contributed by atoms with E-state index in [9.17, 15) is 0 Å². The molecule has 2 heterocycles. The van der Waals surface area contributed by atoms with Crippen molar-refractivity contribution in [3.63, 3.8) is 0 Å². The second-order valence-electron chi connectivity index (χ2n) is 14.6. The minimum absolute atomic E-state index is 0.654. The van der Waals surface area contributed by atoms with Crippen molar-refractivity contribution in [2.24, 2.45) is 0 Å². The largest absolute Gasteiger partial charge is 0.309 e. The van der Waals surface area contributed by atoms with Crippen molar-refractivity contribution in [2.45, 2.75) is 0 Å². The molecule has 11 rings (SSSR count). The van der Waals surface area contributed by atoms with Gasteiger partial charge in [-0.2, -0.15) is 0 Å². The van der Waals surface area contributed by atoms with Crippen LogP contribution in [0.5, 0.6) is 0 Å². The fraction of sp³-hybridized carbons (Fsp3) is 0. The number of aromatic nitrogens is 4. The molecular formula is C53H35N5. The molecule has 0 bridgehead atoms. The van der Waals surface area contributed by atoms with Gasteiger partial charge in [0, 0.05) is 38.7 Å². The third-order valence-electron chi connectivity index (χ3n) is 11.2. The molecule has 0 spiro atoms. The van der Waals surface area contributed by atoms with Gasteiger partial charge in [-0.3, -0.25) is 0 Å². The predicted molar refractivity (Wildman–Crippen MR) is 240 cm³/mol. The van der Waals surface area contributed by atoms with E-state index in [1.54, 1.807) is 12.7 Å². The fourth-order valence-corrected chi connectivity index (χ4v) is 8.46. The molecule has 272 valence electrons. The highest BCUT2D eigenvalue weighted by Gasteiger charge is 2.20. The monoisotopic (exact) mass is 741 g/mol. The lowest BCUT2D eigenvalue weighted by Crippen LogP contribution is -2.11. The molecule has 0 fully saturated rings. The topological polar surface area (TPSA) is 46.8 Å². The Morgan fingerprint density at radius 1 is 0.379 bits per heavy atom. The first-order valence-corrected chi connectivity index (χ1v) is 19.5. The number of benzene rings is 9. The number of rotatable bonds is 7. The molecular weight excluding hydrogens is 707 g/mol. The van der Waals surface area contributed by atoms with Crippen LogP contribution >= 0.6 is 0 Å². The van der Waals surface area contributed by atoms with E-state index >= 15 is 0 Å². The lowest BCUT2D eigenvalue weighted by Gasteiger charge is -2.29. The SMILES string of the molecule is c1ccc(-n2c3cc(-c4ccc(-c5ccccc5N(c5ccc6ccccc6c5)c5cccc6ccccc56)cc4)ccc3c3ccc(-c4ncncn4)cc32)cc1. The third kappa shape index (κ3) is 5.76. The second-order valence-corrected chi connectivity index (χ2v) is 14.6. The maximum Gasteiger partial charge on any atom is 0.162 e. The van der Waals surface area contributed by atoms with Crippen LogP contribution in [0.25, 0.3) is 82.7 Å². The van der Waals surface area contributed by atoms with Gasteiger partial charge in [-0.05, 0) is 81.4 Å². The Morgan fingerprint density at radius 2 is 0.983 bits per heavy atom. The lowest BCUT2D eigenvalue weighted by molar-refractivity contribution is 1.06. The minimum atomic E-state index is 0.654. The number of fused-ring (bicyclic) bond motifs is 5. The smallest absolute Gasteiger partial charge is 0.162 e. The normalized spacial score (nSPS) is 11.4. The number of para-hydroxylation sites is 2. The molecule has 2 aromatic heterocycles. The van der Waals surface area contributed by atoms with E-state index in [-0.39, 0.29) is 0 Å². The van der Waals surface area contributed by atoms with Crippen molar-refractivity contribution in [3.05, 3.63) is 213 Å². The van der Waals surface area contributed by atoms with E-state index < -0.39 is 0 Å². The number of hydrogen-bond donors (Lipinski definition) is 0. The summed E-state index contributed by atoms with van der Waals surface area (Å²) in [5.74, 6) is 0.654. The van der Waals surface area contributed by atoms with Crippen LogP contribution in [0.3, 0.4) is 0 Å². The molecule has 0 saturated carbocycles. The van der Waals surface area contributed by atoms with Gasteiger partial charge in [0.1, 0.15) is 12.7 Å². The zero-order valence-electron chi connectivity index (χ0n) is 31.4. The Balaban J connectivity index is 1.03. The third-order valence-corrected chi connectivity index (χ3v) is 11.2. The summed E-state index contributed by atoms with van der Waals surface area (Å²) in [4.78, 5) is 15.3. The zero-order chi connectivity index (χ0) is 38.4. The van der Waals surface area contributed by atoms with Crippen LogP contribution in [0, 0.1) is 0 Å². The van der Waals surface area contributed by atoms with E-state index in [1.807, 2.05) is 0 Å². The van der Waals surface area contributed by atoms with Gasteiger partial charge in [0.2, 0.25) is 0 Å². The highest BCUT2D eigenvalue weighted by atomic mass is 15.1. The van der Waals surface area contributed by atoms with Crippen LogP contribution in [-0.2, 0) is 0 Å².